The van der Waals surface area contributed by atoms with Crippen molar-refractivity contribution < 1.29 is 0 Å². The lowest BCUT2D eigenvalue weighted by Crippen LogP contribution is -2.24. The Morgan fingerprint density at radius 2 is 1.33 bits per heavy atom. The van der Waals surface area contributed by atoms with Gasteiger partial charge in [0.15, 0.2) is 0 Å². The summed E-state index contributed by atoms with van der Waals surface area (Å²) in [5.41, 5.74) is 0. The Balaban J connectivity index is 2.11. The van der Waals surface area contributed by atoms with Crippen molar-refractivity contribution in [1.82, 2.24) is 9.72 Å². The van der Waals surface area contributed by atoms with Gasteiger partial charge in [-0.05, 0) is 13.3 Å². The zero-order valence-electron chi connectivity index (χ0n) is 3.89. The van der Waals surface area contributed by atoms with Crippen LogP contribution in [-0.2, 0) is 0 Å². The maximum absolute atomic E-state index is 3.32. The summed E-state index contributed by atoms with van der Waals surface area (Å²) in [4.78, 5) is 6.65. The fraction of sp³-hybridized carbons (Fsp3) is 1.00. The molecular weight excluding hydrogens is 114 g/mol. The van der Waals surface area contributed by atoms with Crippen molar-refractivity contribution in [2.75, 3.05) is 13.3 Å². The summed E-state index contributed by atoms with van der Waals surface area (Å²) >= 11 is 0. The van der Waals surface area contributed by atoms with E-state index >= 15 is 0 Å². The molecule has 0 amide bonds. The van der Waals surface area contributed by atoms with Crippen LogP contribution >= 0.6 is 16.4 Å². The van der Waals surface area contributed by atoms with E-state index in [-0.39, 0.29) is 16.4 Å². The topological polar surface area (TPSA) is 24.1 Å². The van der Waals surface area contributed by atoms with Crippen molar-refractivity contribution in [2.24, 2.45) is 0 Å². The van der Waals surface area contributed by atoms with E-state index in [1.165, 1.54) is 0 Å². The minimum atomic E-state index is 0.0718. The van der Waals surface area contributed by atoms with E-state index in [4.69, 9.17) is 0 Å². The summed E-state index contributed by atoms with van der Waals surface area (Å²) < 4.78 is 0. The van der Waals surface area contributed by atoms with E-state index < -0.39 is 0 Å². The first-order valence-electron chi connectivity index (χ1n) is 1.79. The molecule has 1 heterocycles. The summed E-state index contributed by atoms with van der Waals surface area (Å²) in [6, 6.07) is 0. The van der Waals surface area contributed by atoms with E-state index in [2.05, 4.69) is 23.0 Å². The van der Waals surface area contributed by atoms with Gasteiger partial charge in [0.25, 0.3) is 0 Å². The van der Waals surface area contributed by atoms with Crippen LogP contribution in [0.25, 0.3) is 0 Å². The quantitative estimate of drug-likeness (QED) is 0.469. The van der Waals surface area contributed by atoms with Crippen molar-refractivity contribution >= 4 is 16.4 Å². The van der Waals surface area contributed by atoms with E-state index in [1.54, 1.807) is 0 Å². The van der Waals surface area contributed by atoms with Gasteiger partial charge in [-0.1, -0.05) is 0 Å². The van der Waals surface area contributed by atoms with Gasteiger partial charge < -0.3 is 0 Å². The summed E-state index contributed by atoms with van der Waals surface area (Å²) in [5, 5.41) is 0. The van der Waals surface area contributed by atoms with E-state index in [9.17, 15) is 0 Å². The molecule has 1 rings (SSSR count). The van der Waals surface area contributed by atoms with E-state index in [1.807, 2.05) is 0 Å². The molecule has 1 aliphatic rings. The maximum atomic E-state index is 3.32. The van der Waals surface area contributed by atoms with Gasteiger partial charge >= 0.3 is 0 Å². The Hall–Kier alpha value is 0.780. The third-order valence-electron chi connectivity index (χ3n) is 0.600. The van der Waals surface area contributed by atoms with Gasteiger partial charge in [-0.25, -0.2) is 9.72 Å². The van der Waals surface area contributed by atoms with Crippen molar-refractivity contribution in [1.29, 1.82) is 0 Å². The van der Waals surface area contributed by atoms with E-state index in [0.717, 1.165) is 0 Å². The first kappa shape index (κ1) is 4.93. The maximum Gasteiger partial charge on any atom is 0.0398 e. The zero-order chi connectivity index (χ0) is 4.57. The lowest BCUT2D eigenvalue weighted by Gasteiger charge is -2.32. The second kappa shape index (κ2) is 1.71. The molecule has 1 saturated heterocycles. The van der Waals surface area contributed by atoms with E-state index in [0.29, 0.717) is 0 Å². The average Bonchev–Trinajstić information content (AvgIpc) is 1.33. The lowest BCUT2D eigenvalue weighted by molar-refractivity contribution is 1.35. The van der Waals surface area contributed by atoms with Crippen molar-refractivity contribution in [3.8, 4) is 0 Å². The minimum Gasteiger partial charge on any atom is -0.249 e. The number of hydrogen-bond donors (Lipinski definition) is 2. The molecule has 0 saturated carbocycles. The largest absolute Gasteiger partial charge is 0.249 e. The molecule has 0 spiro atoms. The molecule has 0 aromatic rings. The van der Waals surface area contributed by atoms with Gasteiger partial charge in [-0.15, -0.1) is 0 Å². The van der Waals surface area contributed by atoms with Gasteiger partial charge in [-0.3, -0.25) is 0 Å². The molecule has 2 nitrogen and oxygen atoms in total. The highest BCUT2D eigenvalue weighted by atomic mass is 31.3. The van der Waals surface area contributed by atoms with Gasteiger partial charge in [0, 0.05) is 16.4 Å². The highest BCUT2D eigenvalue weighted by molar-refractivity contribution is 7.83. The molecule has 0 aliphatic carbocycles. The van der Waals surface area contributed by atoms with Crippen LogP contribution in [0.1, 0.15) is 0 Å². The Morgan fingerprint density at radius 1 is 1.00 bits per heavy atom. The summed E-state index contributed by atoms with van der Waals surface area (Å²) in [7, 11) is 0.144. The SMILES string of the molecule is CP1NP(C)N1. The van der Waals surface area contributed by atoms with Crippen LogP contribution in [0.5, 0.6) is 0 Å². The molecule has 0 unspecified atom stereocenters. The van der Waals surface area contributed by atoms with Crippen LogP contribution in [0.4, 0.5) is 0 Å². The predicted octanol–water partition coefficient (Wildman–Crippen LogP) is 1.06. The van der Waals surface area contributed by atoms with Gasteiger partial charge in [-0.2, -0.15) is 0 Å². The molecule has 0 radical (unpaired) electrons. The average molecular weight is 122 g/mol. The number of hydrogen-bond acceptors (Lipinski definition) is 2. The molecule has 0 aromatic heterocycles. The zero-order valence-corrected chi connectivity index (χ0v) is 5.68. The molecule has 36 valence electrons. The van der Waals surface area contributed by atoms with Gasteiger partial charge in [0.2, 0.25) is 0 Å². The number of nitrogens with one attached hydrogen (secondary N) is 2. The normalized spacial score (nSPS) is 45.0. The van der Waals surface area contributed by atoms with Gasteiger partial charge in [0.1, 0.15) is 0 Å². The number of rotatable bonds is 0. The molecule has 0 bridgehead atoms. The predicted molar refractivity (Wildman–Crippen MR) is 32.0 cm³/mol. The van der Waals surface area contributed by atoms with Crippen LogP contribution in [0.3, 0.4) is 0 Å². The molecule has 2 N–H and O–H groups in total. The van der Waals surface area contributed by atoms with Crippen LogP contribution in [0.15, 0.2) is 0 Å². The Labute approximate surface area is 40.4 Å². The third-order valence-corrected chi connectivity index (χ3v) is 5.40. The minimum absolute atomic E-state index is 0.0718. The van der Waals surface area contributed by atoms with Crippen LogP contribution in [0, 0.1) is 0 Å². The summed E-state index contributed by atoms with van der Waals surface area (Å²) in [6.45, 7) is 4.36. The van der Waals surface area contributed by atoms with Crippen molar-refractivity contribution in [3.63, 3.8) is 0 Å². The second-order valence-electron chi connectivity index (χ2n) is 1.32. The van der Waals surface area contributed by atoms with Crippen molar-refractivity contribution in [3.05, 3.63) is 0 Å². The molecule has 0 atom stereocenters. The monoisotopic (exact) mass is 122 g/mol. The van der Waals surface area contributed by atoms with Gasteiger partial charge in [0.05, 0.1) is 0 Å². The van der Waals surface area contributed by atoms with Crippen LogP contribution < -0.4 is 9.72 Å². The first-order valence-corrected chi connectivity index (χ1v) is 5.37. The molecule has 1 aliphatic heterocycles. The third kappa shape index (κ3) is 0.886. The highest BCUT2D eigenvalue weighted by Gasteiger charge is 2.16. The second-order valence-corrected chi connectivity index (χ2v) is 5.15. The van der Waals surface area contributed by atoms with Crippen LogP contribution in [-0.4, -0.2) is 13.3 Å². The molecule has 1 fully saturated rings. The highest BCUT2D eigenvalue weighted by Crippen LogP contribution is 2.49. The Morgan fingerprint density at radius 3 is 1.33 bits per heavy atom. The smallest absolute Gasteiger partial charge is 0.0398 e. The molecule has 4 heteroatoms. The fourth-order valence-electron chi connectivity index (χ4n) is 0.450. The lowest BCUT2D eigenvalue weighted by atomic mass is 12.0. The molecule has 0 aromatic carbocycles. The standard InChI is InChI=1S/C2H8N2P2/c1-5-3-6(2)4-5/h3-4H,1-2H3. The van der Waals surface area contributed by atoms with Crippen molar-refractivity contribution in [2.45, 2.75) is 0 Å². The molecule has 6 heavy (non-hydrogen) atoms. The Kier molecular flexibility index (Phi) is 1.41. The summed E-state index contributed by atoms with van der Waals surface area (Å²) in [6.07, 6.45) is 0. The summed E-state index contributed by atoms with van der Waals surface area (Å²) in [5.74, 6) is 0. The fourth-order valence-corrected chi connectivity index (χ4v) is 4.05. The molecular formula is C2H8N2P2. The first-order chi connectivity index (χ1) is 2.79. The Bertz CT molecular complexity index is 45.5. The van der Waals surface area contributed by atoms with Crippen LogP contribution in [0.2, 0.25) is 0 Å².